The lowest BCUT2D eigenvalue weighted by Crippen LogP contribution is -1.77. The normalized spacial score (nSPS) is 10.7. The third-order valence-electron chi connectivity index (χ3n) is 2.37. The van der Waals surface area contributed by atoms with E-state index in [1.54, 1.807) is 17.5 Å². The molecule has 0 aliphatic heterocycles. The molecule has 1 nitrogen and oxygen atoms in total. The fraction of sp³-hybridized carbons (Fsp3) is 0. The summed E-state index contributed by atoms with van der Waals surface area (Å²) >= 11 is 1.75. The molecule has 1 aromatic carbocycles. The molecule has 0 atom stereocenters. The fourth-order valence-corrected chi connectivity index (χ4v) is 2.34. The summed E-state index contributed by atoms with van der Waals surface area (Å²) in [4.78, 5) is 5.30. The number of thiophene rings is 1. The van der Waals surface area contributed by atoms with E-state index >= 15 is 0 Å². The summed E-state index contributed by atoms with van der Waals surface area (Å²) in [5.74, 6) is 0. The summed E-state index contributed by atoms with van der Waals surface area (Å²) in [5.41, 5.74) is 1.24. The van der Waals surface area contributed by atoms with E-state index in [1.807, 2.05) is 6.07 Å². The summed E-state index contributed by atoms with van der Waals surface area (Å²) in [6.45, 7) is 0. The number of aromatic nitrogens is 1. The average molecular weight is 210 g/mol. The lowest BCUT2D eigenvalue weighted by Gasteiger charge is -1.99. The molecule has 1 radical (unpaired) electrons. The molecule has 0 unspecified atom stereocenters. The molecule has 2 heteroatoms. The number of fused-ring (bicyclic) bond motifs is 1. The zero-order chi connectivity index (χ0) is 10.1. The lowest BCUT2D eigenvalue weighted by molar-refractivity contribution is 1.35. The zero-order valence-corrected chi connectivity index (χ0v) is 8.79. The highest BCUT2D eigenvalue weighted by Crippen LogP contribution is 2.27. The Hall–Kier alpha value is -1.67. The second-order valence-corrected chi connectivity index (χ2v) is 4.28. The Morgan fingerprint density at radius 1 is 1.13 bits per heavy atom. The van der Waals surface area contributed by atoms with Gasteiger partial charge in [0, 0.05) is 16.5 Å². The van der Waals surface area contributed by atoms with Gasteiger partial charge in [-0.15, -0.1) is 11.3 Å². The molecule has 0 spiro atoms. The second-order valence-electron chi connectivity index (χ2n) is 3.34. The van der Waals surface area contributed by atoms with Crippen LogP contribution in [0.15, 0.2) is 48.0 Å². The monoisotopic (exact) mass is 210 g/mol. The first kappa shape index (κ1) is 8.62. The van der Waals surface area contributed by atoms with Crippen LogP contribution in [0.2, 0.25) is 0 Å². The van der Waals surface area contributed by atoms with Crippen LogP contribution in [0.4, 0.5) is 0 Å². The molecule has 2 aromatic heterocycles. The molecule has 0 fully saturated rings. The highest BCUT2D eigenvalue weighted by atomic mass is 32.1. The summed E-state index contributed by atoms with van der Waals surface area (Å²) in [7, 11) is 0. The van der Waals surface area contributed by atoms with Crippen LogP contribution in [-0.4, -0.2) is 4.98 Å². The second kappa shape index (κ2) is 3.48. The van der Waals surface area contributed by atoms with Gasteiger partial charge in [-0.2, -0.15) is 0 Å². The Morgan fingerprint density at radius 2 is 2.13 bits per heavy atom. The van der Waals surface area contributed by atoms with Gasteiger partial charge in [0.05, 0.1) is 6.20 Å². The Labute approximate surface area is 92.0 Å². The summed E-state index contributed by atoms with van der Waals surface area (Å²) in [6.07, 6.45) is 4.78. The summed E-state index contributed by atoms with van der Waals surface area (Å²) in [6, 6.07) is 12.6. The first-order valence-corrected chi connectivity index (χ1v) is 5.62. The summed E-state index contributed by atoms with van der Waals surface area (Å²) < 4.78 is 0. The average Bonchev–Trinajstić information content (AvgIpc) is 2.82. The van der Waals surface area contributed by atoms with Crippen molar-refractivity contribution in [3.8, 4) is 10.4 Å². The Balaban J connectivity index is 2.22. The highest BCUT2D eigenvalue weighted by Gasteiger charge is 2.00. The van der Waals surface area contributed by atoms with Crippen molar-refractivity contribution < 1.29 is 0 Å². The number of benzene rings is 1. The molecule has 0 aliphatic rings. The van der Waals surface area contributed by atoms with Crippen LogP contribution in [0.5, 0.6) is 0 Å². The van der Waals surface area contributed by atoms with E-state index in [0.717, 1.165) is 5.39 Å². The van der Waals surface area contributed by atoms with Crippen molar-refractivity contribution in [2.75, 3.05) is 0 Å². The number of hydrogen-bond donors (Lipinski definition) is 0. The molecule has 0 saturated carbocycles. The molecule has 2 heterocycles. The Bertz CT molecular complexity index is 584. The van der Waals surface area contributed by atoms with Gasteiger partial charge in [-0.05, 0) is 34.5 Å². The van der Waals surface area contributed by atoms with Gasteiger partial charge < -0.3 is 0 Å². The van der Waals surface area contributed by atoms with E-state index < -0.39 is 0 Å². The van der Waals surface area contributed by atoms with Crippen LogP contribution in [0.25, 0.3) is 21.2 Å². The van der Waals surface area contributed by atoms with E-state index in [0.29, 0.717) is 0 Å². The maximum absolute atomic E-state index is 4.01. The van der Waals surface area contributed by atoms with Crippen molar-refractivity contribution in [3.05, 3.63) is 54.2 Å². The minimum Gasteiger partial charge on any atom is -0.254 e. The molecule has 3 aromatic rings. The van der Waals surface area contributed by atoms with Gasteiger partial charge in [-0.3, -0.25) is 4.98 Å². The van der Waals surface area contributed by atoms with Crippen molar-refractivity contribution in [3.63, 3.8) is 0 Å². The first-order valence-electron chi connectivity index (χ1n) is 4.74. The lowest BCUT2D eigenvalue weighted by atomic mass is 10.1. The molecular formula is C13H8NS. The van der Waals surface area contributed by atoms with Crippen LogP contribution in [0.3, 0.4) is 0 Å². The van der Waals surface area contributed by atoms with E-state index in [-0.39, 0.29) is 0 Å². The van der Waals surface area contributed by atoms with E-state index in [2.05, 4.69) is 46.9 Å². The first-order chi connectivity index (χ1) is 7.43. The van der Waals surface area contributed by atoms with Crippen molar-refractivity contribution in [2.45, 2.75) is 0 Å². The van der Waals surface area contributed by atoms with E-state index in [4.69, 9.17) is 0 Å². The largest absolute Gasteiger partial charge is 0.254 e. The molecule has 0 saturated heterocycles. The van der Waals surface area contributed by atoms with Crippen LogP contribution >= 0.6 is 11.3 Å². The maximum atomic E-state index is 4.01. The predicted molar refractivity (Wildman–Crippen MR) is 63.9 cm³/mol. The van der Waals surface area contributed by atoms with Gasteiger partial charge in [-0.1, -0.05) is 18.2 Å². The van der Waals surface area contributed by atoms with Gasteiger partial charge in [0.25, 0.3) is 0 Å². The topological polar surface area (TPSA) is 12.9 Å². The minimum atomic E-state index is 1.07. The number of nitrogens with zero attached hydrogens (tertiary/aromatic N) is 1. The van der Waals surface area contributed by atoms with Gasteiger partial charge in [-0.25, -0.2) is 0 Å². The number of hydrogen-bond acceptors (Lipinski definition) is 2. The highest BCUT2D eigenvalue weighted by molar-refractivity contribution is 7.13. The smallest absolute Gasteiger partial charge is 0.0970 e. The minimum absolute atomic E-state index is 1.07. The third kappa shape index (κ3) is 1.53. The predicted octanol–water partition coefficient (Wildman–Crippen LogP) is 3.76. The van der Waals surface area contributed by atoms with E-state index in [9.17, 15) is 0 Å². The SMILES string of the molecule is [c]1nccc2ccc(-c3cccs3)cc12. The molecule has 0 bridgehead atoms. The zero-order valence-electron chi connectivity index (χ0n) is 7.97. The molecule has 3 rings (SSSR count). The molecule has 0 amide bonds. The van der Waals surface area contributed by atoms with Gasteiger partial charge in [0.2, 0.25) is 0 Å². The van der Waals surface area contributed by atoms with Crippen LogP contribution in [-0.2, 0) is 0 Å². The van der Waals surface area contributed by atoms with Crippen molar-refractivity contribution in [1.29, 1.82) is 0 Å². The van der Waals surface area contributed by atoms with Crippen LogP contribution < -0.4 is 0 Å². The van der Waals surface area contributed by atoms with Gasteiger partial charge in [0.15, 0.2) is 0 Å². The third-order valence-corrected chi connectivity index (χ3v) is 3.29. The number of pyridine rings is 1. The molecule has 0 aliphatic carbocycles. The molecule has 71 valence electrons. The quantitative estimate of drug-likeness (QED) is 0.596. The van der Waals surface area contributed by atoms with E-state index in [1.165, 1.54) is 15.8 Å². The van der Waals surface area contributed by atoms with Crippen molar-refractivity contribution >= 4 is 22.1 Å². The fourth-order valence-electron chi connectivity index (χ4n) is 1.62. The molecular weight excluding hydrogens is 202 g/mol. The van der Waals surface area contributed by atoms with Gasteiger partial charge >= 0.3 is 0 Å². The maximum Gasteiger partial charge on any atom is 0.0970 e. The molecule has 0 N–H and O–H groups in total. The number of rotatable bonds is 1. The summed E-state index contributed by atoms with van der Waals surface area (Å²) in [5, 5.41) is 4.35. The Morgan fingerprint density at radius 3 is 3.00 bits per heavy atom. The van der Waals surface area contributed by atoms with Gasteiger partial charge in [0.1, 0.15) is 0 Å². The van der Waals surface area contributed by atoms with Crippen molar-refractivity contribution in [1.82, 2.24) is 4.98 Å². The standard InChI is InChI=1S/C13H8NS/c1-2-13(15-7-1)11-4-3-10-5-6-14-9-12(10)8-11/h1-8H. The Kier molecular flexibility index (Phi) is 2.00. The van der Waals surface area contributed by atoms with Crippen molar-refractivity contribution in [2.24, 2.45) is 0 Å². The van der Waals surface area contributed by atoms with Crippen LogP contribution in [0, 0.1) is 6.20 Å². The van der Waals surface area contributed by atoms with Crippen LogP contribution in [0.1, 0.15) is 0 Å². The molecule has 15 heavy (non-hydrogen) atoms.